The summed E-state index contributed by atoms with van der Waals surface area (Å²) in [5.41, 5.74) is 1.73. The number of nitro groups is 1. The van der Waals surface area contributed by atoms with E-state index in [1.165, 1.54) is 12.1 Å². The van der Waals surface area contributed by atoms with Crippen LogP contribution in [0.25, 0.3) is 0 Å². The minimum atomic E-state index is -0.505. The summed E-state index contributed by atoms with van der Waals surface area (Å²) < 4.78 is 0. The summed E-state index contributed by atoms with van der Waals surface area (Å²) >= 11 is 6.17. The quantitative estimate of drug-likeness (QED) is 0.553. The Labute approximate surface area is 185 Å². The lowest BCUT2D eigenvalue weighted by Gasteiger charge is -2.37. The highest BCUT2D eigenvalue weighted by Gasteiger charge is 2.25. The average molecular weight is 445 g/mol. The molecule has 1 aliphatic heterocycles. The molecule has 9 heteroatoms. The van der Waals surface area contributed by atoms with Gasteiger partial charge in [-0.05, 0) is 31.2 Å². The minimum Gasteiger partial charge on any atom is -0.366 e. The largest absolute Gasteiger partial charge is 0.366 e. The Bertz CT molecular complexity index is 1020. The molecule has 2 aromatic carbocycles. The molecule has 2 aromatic rings. The number of nitrogens with zero attached hydrogens (tertiary/aromatic N) is 3. The number of nitro benzene ring substituents is 1. The van der Waals surface area contributed by atoms with Gasteiger partial charge in [-0.1, -0.05) is 31.5 Å². The molecule has 0 atom stereocenters. The van der Waals surface area contributed by atoms with Gasteiger partial charge in [0.1, 0.15) is 0 Å². The molecule has 2 amide bonds. The maximum atomic E-state index is 12.9. The van der Waals surface area contributed by atoms with E-state index in [9.17, 15) is 19.7 Å². The van der Waals surface area contributed by atoms with Crippen molar-refractivity contribution in [1.29, 1.82) is 0 Å². The number of hydrogen-bond donors (Lipinski definition) is 1. The normalized spacial score (nSPS) is 14.0. The number of benzene rings is 2. The lowest BCUT2D eigenvalue weighted by Crippen LogP contribution is -2.50. The Balaban J connectivity index is 1.82. The Morgan fingerprint density at radius 3 is 2.42 bits per heavy atom. The SMILES string of the molecule is Cc1c(C(=O)Nc2cc(Cl)ccc2N2CCN(C(=O)C(C)C)CC2)cccc1[N+](=O)[O-]. The third kappa shape index (κ3) is 4.96. The third-order valence-electron chi connectivity index (χ3n) is 5.38. The molecule has 0 bridgehead atoms. The van der Waals surface area contributed by atoms with Gasteiger partial charge in [0.25, 0.3) is 11.6 Å². The maximum absolute atomic E-state index is 12.9. The molecule has 0 radical (unpaired) electrons. The van der Waals surface area contributed by atoms with Crippen LogP contribution in [0.3, 0.4) is 0 Å². The van der Waals surface area contributed by atoms with Crippen LogP contribution in [0.4, 0.5) is 17.1 Å². The molecule has 3 rings (SSSR count). The predicted octanol–water partition coefficient (Wildman–Crippen LogP) is 4.11. The third-order valence-corrected chi connectivity index (χ3v) is 5.61. The second-order valence-corrected chi connectivity index (χ2v) is 8.23. The van der Waals surface area contributed by atoms with E-state index >= 15 is 0 Å². The number of hydrogen-bond acceptors (Lipinski definition) is 5. The highest BCUT2D eigenvalue weighted by Crippen LogP contribution is 2.31. The Kier molecular flexibility index (Phi) is 6.80. The Morgan fingerprint density at radius 2 is 1.81 bits per heavy atom. The Morgan fingerprint density at radius 1 is 1.13 bits per heavy atom. The fourth-order valence-corrected chi connectivity index (χ4v) is 3.85. The number of amides is 2. The zero-order valence-corrected chi connectivity index (χ0v) is 18.5. The van der Waals surface area contributed by atoms with E-state index in [1.807, 2.05) is 24.8 Å². The zero-order chi connectivity index (χ0) is 22.7. The first-order valence-electron chi connectivity index (χ1n) is 10.1. The highest BCUT2D eigenvalue weighted by atomic mass is 35.5. The van der Waals surface area contributed by atoms with Gasteiger partial charge in [0.2, 0.25) is 5.91 Å². The first kappa shape index (κ1) is 22.6. The number of piperazine rings is 1. The molecule has 164 valence electrons. The van der Waals surface area contributed by atoms with Crippen LogP contribution < -0.4 is 10.2 Å². The van der Waals surface area contributed by atoms with Crippen LogP contribution in [0, 0.1) is 23.0 Å². The van der Waals surface area contributed by atoms with Crippen molar-refractivity contribution in [3.63, 3.8) is 0 Å². The van der Waals surface area contributed by atoms with Crippen LogP contribution in [0.15, 0.2) is 36.4 Å². The summed E-state index contributed by atoms with van der Waals surface area (Å²) in [4.78, 5) is 39.8. The fraction of sp³-hybridized carbons (Fsp3) is 0.364. The molecule has 1 aliphatic rings. The van der Waals surface area contributed by atoms with Crippen molar-refractivity contribution >= 4 is 40.5 Å². The lowest BCUT2D eigenvalue weighted by molar-refractivity contribution is -0.385. The molecule has 1 N–H and O–H groups in total. The van der Waals surface area contributed by atoms with E-state index in [4.69, 9.17) is 11.6 Å². The monoisotopic (exact) mass is 444 g/mol. The van der Waals surface area contributed by atoms with Crippen molar-refractivity contribution < 1.29 is 14.5 Å². The first-order valence-corrected chi connectivity index (χ1v) is 10.5. The van der Waals surface area contributed by atoms with Gasteiger partial charge in [0.15, 0.2) is 0 Å². The van der Waals surface area contributed by atoms with Gasteiger partial charge in [0.05, 0.1) is 16.3 Å². The molecule has 0 saturated carbocycles. The number of halogens is 1. The molecule has 0 spiro atoms. The number of anilines is 2. The van der Waals surface area contributed by atoms with E-state index in [2.05, 4.69) is 10.2 Å². The minimum absolute atomic E-state index is 0.0462. The van der Waals surface area contributed by atoms with Crippen LogP contribution in [0.5, 0.6) is 0 Å². The fourth-order valence-electron chi connectivity index (χ4n) is 3.67. The number of carbonyl (C=O) groups excluding carboxylic acids is 2. The van der Waals surface area contributed by atoms with Crippen molar-refractivity contribution in [2.75, 3.05) is 36.4 Å². The molecule has 1 saturated heterocycles. The molecule has 0 aliphatic carbocycles. The van der Waals surface area contributed by atoms with E-state index in [0.717, 1.165) is 5.69 Å². The predicted molar refractivity (Wildman–Crippen MR) is 121 cm³/mol. The molecular formula is C22H25ClN4O4. The molecule has 0 unspecified atom stereocenters. The van der Waals surface area contributed by atoms with Crippen LogP contribution in [-0.4, -0.2) is 47.8 Å². The zero-order valence-electron chi connectivity index (χ0n) is 17.7. The van der Waals surface area contributed by atoms with Crippen LogP contribution >= 0.6 is 11.6 Å². The summed E-state index contributed by atoms with van der Waals surface area (Å²) in [6.45, 7) is 7.76. The van der Waals surface area contributed by atoms with E-state index < -0.39 is 10.8 Å². The second kappa shape index (κ2) is 9.34. The summed E-state index contributed by atoms with van der Waals surface area (Å²) in [6.07, 6.45) is 0. The topological polar surface area (TPSA) is 95.8 Å². The molecular weight excluding hydrogens is 420 g/mol. The van der Waals surface area contributed by atoms with Gasteiger partial charge >= 0.3 is 0 Å². The highest BCUT2D eigenvalue weighted by molar-refractivity contribution is 6.31. The van der Waals surface area contributed by atoms with E-state index in [-0.39, 0.29) is 23.1 Å². The van der Waals surface area contributed by atoms with Crippen LogP contribution in [-0.2, 0) is 4.79 Å². The van der Waals surface area contributed by atoms with Crippen molar-refractivity contribution in [3.8, 4) is 0 Å². The molecule has 31 heavy (non-hydrogen) atoms. The van der Waals surface area contributed by atoms with Gasteiger partial charge in [-0.2, -0.15) is 0 Å². The second-order valence-electron chi connectivity index (χ2n) is 7.79. The van der Waals surface area contributed by atoms with Crippen LogP contribution in [0.2, 0.25) is 5.02 Å². The van der Waals surface area contributed by atoms with Gasteiger partial charge in [-0.3, -0.25) is 19.7 Å². The maximum Gasteiger partial charge on any atom is 0.273 e. The van der Waals surface area contributed by atoms with Gasteiger partial charge in [-0.25, -0.2) is 0 Å². The molecule has 8 nitrogen and oxygen atoms in total. The summed E-state index contributed by atoms with van der Waals surface area (Å²) in [7, 11) is 0. The standard InChI is InChI=1S/C22H25ClN4O4/c1-14(2)22(29)26-11-9-25(10-12-26)20-8-7-16(23)13-18(20)24-21(28)17-5-4-6-19(15(17)3)27(30)31/h4-8,13-14H,9-12H2,1-3H3,(H,24,28). The molecule has 1 fully saturated rings. The van der Waals surface area contributed by atoms with E-state index in [1.54, 1.807) is 25.1 Å². The smallest absolute Gasteiger partial charge is 0.273 e. The summed E-state index contributed by atoms with van der Waals surface area (Å²) in [5.74, 6) is -0.362. The summed E-state index contributed by atoms with van der Waals surface area (Å²) in [5, 5.41) is 14.5. The molecule has 0 aromatic heterocycles. The van der Waals surface area contributed by atoms with E-state index in [0.29, 0.717) is 42.5 Å². The van der Waals surface area contributed by atoms with Gasteiger partial charge in [0, 0.05) is 54.3 Å². The number of carbonyl (C=O) groups is 2. The number of nitrogens with one attached hydrogen (secondary N) is 1. The van der Waals surface area contributed by atoms with Crippen molar-refractivity contribution in [2.45, 2.75) is 20.8 Å². The van der Waals surface area contributed by atoms with Crippen LogP contribution in [0.1, 0.15) is 29.8 Å². The van der Waals surface area contributed by atoms with Gasteiger partial charge < -0.3 is 15.1 Å². The first-order chi connectivity index (χ1) is 14.7. The Hall–Kier alpha value is -3.13. The van der Waals surface area contributed by atoms with Crippen molar-refractivity contribution in [2.24, 2.45) is 5.92 Å². The lowest BCUT2D eigenvalue weighted by atomic mass is 10.1. The van der Waals surface area contributed by atoms with Gasteiger partial charge in [-0.15, -0.1) is 0 Å². The van der Waals surface area contributed by atoms with Crippen molar-refractivity contribution in [3.05, 3.63) is 62.7 Å². The average Bonchev–Trinajstić information content (AvgIpc) is 2.73. The summed E-state index contributed by atoms with van der Waals surface area (Å²) in [6, 6.07) is 9.65. The van der Waals surface area contributed by atoms with Crippen molar-refractivity contribution in [1.82, 2.24) is 4.90 Å². The molecule has 1 heterocycles. The number of rotatable bonds is 5.